The molecule has 9 heteroatoms. The van der Waals surface area contributed by atoms with Crippen LogP contribution < -0.4 is 19.3 Å². The molecule has 0 bridgehead atoms. The zero-order chi connectivity index (χ0) is 25.4. The molecule has 2 aromatic heterocycles. The molecule has 0 atom stereocenters. The van der Waals surface area contributed by atoms with Gasteiger partial charge >= 0.3 is 5.91 Å². The zero-order valence-corrected chi connectivity index (χ0v) is 19.5. The first-order valence-electron chi connectivity index (χ1n) is 11.2. The Labute approximate surface area is 206 Å². The molecule has 5 rings (SSSR count). The monoisotopic (exact) mass is 484 g/mol. The molecule has 0 saturated carbocycles. The Morgan fingerprint density at radius 3 is 2.19 bits per heavy atom. The summed E-state index contributed by atoms with van der Waals surface area (Å²) in [5.74, 6) is -1.67. The number of nitrogens with zero attached hydrogens (tertiary/aromatic N) is 4. The number of anilines is 1. The van der Waals surface area contributed by atoms with E-state index >= 15 is 0 Å². The van der Waals surface area contributed by atoms with E-state index in [1.54, 1.807) is 61.8 Å². The van der Waals surface area contributed by atoms with Crippen LogP contribution in [0.3, 0.4) is 0 Å². The Morgan fingerprint density at radius 2 is 1.58 bits per heavy atom. The van der Waals surface area contributed by atoms with Crippen molar-refractivity contribution in [2.45, 2.75) is 13.3 Å². The van der Waals surface area contributed by atoms with E-state index in [0.29, 0.717) is 29.2 Å². The van der Waals surface area contributed by atoms with Crippen molar-refractivity contribution in [1.82, 2.24) is 9.78 Å². The summed E-state index contributed by atoms with van der Waals surface area (Å²) in [6, 6.07) is 17.0. The van der Waals surface area contributed by atoms with Gasteiger partial charge in [-0.05, 0) is 60.8 Å². The van der Waals surface area contributed by atoms with Gasteiger partial charge in [-0.25, -0.2) is 14.0 Å². The number of aryl methyl sites for hydroxylation is 1. The molecule has 1 aliphatic heterocycles. The summed E-state index contributed by atoms with van der Waals surface area (Å²) >= 11 is 0. The maximum Gasteiger partial charge on any atom is 0.331 e. The minimum absolute atomic E-state index is 0.0396. The Morgan fingerprint density at radius 1 is 0.944 bits per heavy atom. The van der Waals surface area contributed by atoms with Gasteiger partial charge in [0.1, 0.15) is 17.1 Å². The number of methoxy groups -OCH3 is 1. The average Bonchev–Trinajstić information content (AvgIpc) is 3.36. The van der Waals surface area contributed by atoms with E-state index in [1.165, 1.54) is 35.9 Å². The second-order valence-electron chi connectivity index (χ2n) is 8.02. The van der Waals surface area contributed by atoms with E-state index in [9.17, 15) is 19.1 Å². The quantitative estimate of drug-likeness (QED) is 0.310. The second kappa shape index (κ2) is 9.10. The van der Waals surface area contributed by atoms with Crippen LogP contribution in [-0.2, 0) is 16.0 Å². The molecular formula is C27H21FN4O4. The van der Waals surface area contributed by atoms with Crippen molar-refractivity contribution >= 4 is 28.8 Å². The molecule has 0 N–H and O–H groups in total. The summed E-state index contributed by atoms with van der Waals surface area (Å²) in [6.07, 6.45) is 3.61. The Hall–Kier alpha value is -4.79. The molecule has 36 heavy (non-hydrogen) atoms. The molecule has 8 nitrogen and oxygen atoms in total. The standard InChI is InChI=1S/C27H21FN4O4/c1-3-21-22(26(34)32(29-21)19-9-7-17(28)8-10-19)23-24(30-15-5-4-6-16-30)27(35)31(25(23)33)18-11-13-20(36-2)14-12-18/h4-16H,3H2,1-2H3. The first-order chi connectivity index (χ1) is 17.4. The predicted molar refractivity (Wildman–Crippen MR) is 128 cm³/mol. The van der Waals surface area contributed by atoms with Gasteiger partial charge in [-0.2, -0.15) is 9.67 Å². The van der Waals surface area contributed by atoms with E-state index in [0.717, 1.165) is 9.58 Å². The lowest BCUT2D eigenvalue weighted by molar-refractivity contribution is -0.576. The van der Waals surface area contributed by atoms with Gasteiger partial charge in [-0.1, -0.05) is 13.0 Å². The van der Waals surface area contributed by atoms with Gasteiger partial charge in [0.05, 0.1) is 24.2 Å². The lowest BCUT2D eigenvalue weighted by Gasteiger charge is -2.16. The summed E-state index contributed by atoms with van der Waals surface area (Å²) in [4.78, 5) is 28.6. The molecule has 0 fully saturated rings. The second-order valence-corrected chi connectivity index (χ2v) is 8.02. The number of ether oxygens (including phenoxy) is 1. The van der Waals surface area contributed by atoms with Gasteiger partial charge in [0, 0.05) is 17.7 Å². The number of rotatable bonds is 6. The van der Waals surface area contributed by atoms with Crippen molar-refractivity contribution in [2.75, 3.05) is 12.0 Å². The number of benzene rings is 2. The molecular weight excluding hydrogens is 463 g/mol. The summed E-state index contributed by atoms with van der Waals surface area (Å²) in [5, 5.41) is 18.1. The fraction of sp³-hybridized carbons (Fsp3) is 0.111. The van der Waals surface area contributed by atoms with Crippen molar-refractivity contribution < 1.29 is 28.4 Å². The highest BCUT2D eigenvalue weighted by Crippen LogP contribution is 2.39. The van der Waals surface area contributed by atoms with Crippen LogP contribution >= 0.6 is 0 Å². The molecule has 1 aliphatic rings. The molecule has 0 aliphatic carbocycles. The van der Waals surface area contributed by atoms with Crippen LogP contribution in [0.5, 0.6) is 11.6 Å². The summed E-state index contributed by atoms with van der Waals surface area (Å²) in [6.45, 7) is 1.80. The zero-order valence-electron chi connectivity index (χ0n) is 19.5. The molecule has 0 radical (unpaired) electrons. The number of halogens is 1. The number of amides is 2. The largest absolute Gasteiger partial charge is 0.858 e. The molecule has 3 heterocycles. The smallest absolute Gasteiger partial charge is 0.331 e. The highest BCUT2D eigenvalue weighted by atomic mass is 19.1. The van der Waals surface area contributed by atoms with Crippen LogP contribution in [0.1, 0.15) is 18.2 Å². The topological polar surface area (TPSA) is 91.4 Å². The fourth-order valence-corrected chi connectivity index (χ4v) is 4.20. The molecule has 2 aromatic carbocycles. The first-order valence-corrected chi connectivity index (χ1v) is 11.2. The fourth-order valence-electron chi connectivity index (χ4n) is 4.20. The van der Waals surface area contributed by atoms with E-state index in [2.05, 4.69) is 5.10 Å². The predicted octanol–water partition coefficient (Wildman–Crippen LogP) is 2.89. The molecule has 0 unspecified atom stereocenters. The van der Waals surface area contributed by atoms with Crippen LogP contribution in [-0.4, -0.2) is 28.7 Å². The van der Waals surface area contributed by atoms with Crippen molar-refractivity contribution in [3.63, 3.8) is 0 Å². The van der Waals surface area contributed by atoms with Crippen LogP contribution in [0.25, 0.3) is 17.0 Å². The van der Waals surface area contributed by atoms with E-state index in [1.807, 2.05) is 0 Å². The Bertz CT molecular complexity index is 1490. The van der Waals surface area contributed by atoms with Gasteiger partial charge < -0.3 is 9.84 Å². The van der Waals surface area contributed by atoms with Gasteiger partial charge in [0.25, 0.3) is 11.6 Å². The molecule has 180 valence electrons. The number of imide groups is 1. The van der Waals surface area contributed by atoms with Gasteiger partial charge in [-0.15, -0.1) is 0 Å². The van der Waals surface area contributed by atoms with Gasteiger partial charge in [0.15, 0.2) is 12.4 Å². The number of hydrogen-bond donors (Lipinski definition) is 0. The number of aromatic nitrogens is 3. The Kier molecular flexibility index (Phi) is 5.81. The third-order valence-corrected chi connectivity index (χ3v) is 5.94. The highest BCUT2D eigenvalue weighted by Gasteiger charge is 2.47. The molecule has 4 aromatic rings. The lowest BCUT2D eigenvalue weighted by Crippen LogP contribution is -2.39. The first kappa shape index (κ1) is 23.0. The van der Waals surface area contributed by atoms with Crippen LogP contribution in [0.2, 0.25) is 0 Å². The third kappa shape index (κ3) is 3.70. The average molecular weight is 484 g/mol. The Balaban J connectivity index is 1.72. The maximum absolute atomic E-state index is 13.8. The van der Waals surface area contributed by atoms with Crippen molar-refractivity contribution in [1.29, 1.82) is 0 Å². The minimum Gasteiger partial charge on any atom is -0.858 e. The van der Waals surface area contributed by atoms with Crippen LogP contribution in [0.4, 0.5) is 10.1 Å². The van der Waals surface area contributed by atoms with Crippen molar-refractivity contribution in [2.24, 2.45) is 0 Å². The van der Waals surface area contributed by atoms with Gasteiger partial charge in [0.2, 0.25) is 0 Å². The SMILES string of the molecule is CCc1nn(-c2ccc(F)cc2)c([O-])c1C1=C([n+]2ccccc2)C(=O)N(c2ccc(OC)cc2)C1=O. The van der Waals surface area contributed by atoms with Crippen molar-refractivity contribution in [3.8, 4) is 17.3 Å². The molecule has 0 saturated heterocycles. The van der Waals surface area contributed by atoms with Gasteiger partial charge in [-0.3, -0.25) is 9.59 Å². The highest BCUT2D eigenvalue weighted by molar-refractivity contribution is 6.53. The van der Waals surface area contributed by atoms with E-state index in [4.69, 9.17) is 4.74 Å². The van der Waals surface area contributed by atoms with Crippen LogP contribution in [0.15, 0.2) is 79.1 Å². The minimum atomic E-state index is -0.637. The van der Waals surface area contributed by atoms with E-state index in [-0.39, 0.29) is 16.8 Å². The maximum atomic E-state index is 13.8. The number of pyridine rings is 1. The third-order valence-electron chi connectivity index (χ3n) is 5.94. The molecule has 0 spiro atoms. The van der Waals surface area contributed by atoms with Crippen LogP contribution in [0, 0.1) is 5.82 Å². The summed E-state index contributed by atoms with van der Waals surface area (Å²) < 4.78 is 21.3. The number of carbonyl (C=O) groups is 2. The van der Waals surface area contributed by atoms with Crippen molar-refractivity contribution in [3.05, 3.63) is 96.2 Å². The van der Waals surface area contributed by atoms with E-state index < -0.39 is 23.5 Å². The number of carbonyl (C=O) groups excluding carboxylic acids is 2. The summed E-state index contributed by atoms with van der Waals surface area (Å²) in [7, 11) is 1.52. The normalized spacial score (nSPS) is 13.6. The molecule has 2 amide bonds. The number of hydrogen-bond acceptors (Lipinski definition) is 5. The lowest BCUT2D eigenvalue weighted by atomic mass is 10.0. The summed E-state index contributed by atoms with van der Waals surface area (Å²) in [5.41, 5.74) is 1.09.